The van der Waals surface area contributed by atoms with Crippen molar-refractivity contribution in [1.29, 1.82) is 0 Å². The van der Waals surface area contributed by atoms with E-state index in [0.29, 0.717) is 23.7 Å². The minimum absolute atomic E-state index is 0.0270. The lowest BCUT2D eigenvalue weighted by Gasteiger charge is -2.20. The van der Waals surface area contributed by atoms with Crippen LogP contribution < -0.4 is 0 Å². The third-order valence-corrected chi connectivity index (χ3v) is 5.36. The van der Waals surface area contributed by atoms with E-state index in [1.54, 1.807) is 6.33 Å². The Balaban J connectivity index is 1.42. The number of nitrogens with zero attached hydrogens (tertiary/aromatic N) is 4. The van der Waals surface area contributed by atoms with Crippen LogP contribution in [0.4, 0.5) is 0 Å². The number of carbonyl (C=O) groups is 1. The van der Waals surface area contributed by atoms with Gasteiger partial charge in [-0.25, -0.2) is 4.98 Å². The Morgan fingerprint density at radius 3 is 2.79 bits per heavy atom. The molecule has 0 saturated carbocycles. The summed E-state index contributed by atoms with van der Waals surface area (Å²) in [6, 6.07) is 15.3. The van der Waals surface area contributed by atoms with Gasteiger partial charge in [0.2, 0.25) is 0 Å². The molecule has 2 aromatic carbocycles. The van der Waals surface area contributed by atoms with Gasteiger partial charge in [0.1, 0.15) is 0 Å². The molecule has 0 bridgehead atoms. The second kappa shape index (κ2) is 6.80. The molecule has 0 unspecified atom stereocenters. The van der Waals surface area contributed by atoms with Gasteiger partial charge in [-0.05, 0) is 42.8 Å². The molecule has 0 atom stereocenters. The number of aromatic amines is 1. The van der Waals surface area contributed by atoms with E-state index < -0.39 is 0 Å². The molecule has 7 heteroatoms. The van der Waals surface area contributed by atoms with E-state index >= 15 is 0 Å². The van der Waals surface area contributed by atoms with Gasteiger partial charge in [0.25, 0.3) is 5.91 Å². The third kappa shape index (κ3) is 3.05. The Labute approximate surface area is 166 Å². The first-order valence-corrected chi connectivity index (χ1v) is 9.60. The first kappa shape index (κ1) is 17.0. The van der Waals surface area contributed by atoms with Crippen molar-refractivity contribution in [1.82, 2.24) is 24.6 Å². The van der Waals surface area contributed by atoms with Gasteiger partial charge in [0.05, 0.1) is 35.3 Å². The monoisotopic (exact) mass is 391 g/mol. The number of aromatic nitrogens is 4. The van der Waals surface area contributed by atoms with Gasteiger partial charge < -0.3 is 9.88 Å². The maximum atomic E-state index is 13.1. The van der Waals surface area contributed by atoms with Crippen LogP contribution in [-0.4, -0.2) is 37.1 Å². The summed E-state index contributed by atoms with van der Waals surface area (Å²) in [6.45, 7) is 2.05. The predicted octanol–water partition coefficient (Wildman–Crippen LogP) is 4.13. The molecule has 1 amide bonds. The number of fused-ring (bicyclic) bond motifs is 2. The van der Waals surface area contributed by atoms with E-state index in [-0.39, 0.29) is 5.91 Å². The van der Waals surface area contributed by atoms with Gasteiger partial charge >= 0.3 is 0 Å². The minimum Gasteiger partial charge on any atom is -0.345 e. The van der Waals surface area contributed by atoms with Gasteiger partial charge in [0, 0.05) is 29.2 Å². The fourth-order valence-electron chi connectivity index (χ4n) is 3.65. The van der Waals surface area contributed by atoms with Crippen LogP contribution in [0.15, 0.2) is 54.9 Å². The third-order valence-electron chi connectivity index (χ3n) is 5.11. The van der Waals surface area contributed by atoms with Gasteiger partial charge in [-0.2, -0.15) is 5.10 Å². The molecule has 6 nitrogen and oxygen atoms in total. The standard InChI is InChI=1S/C21H18ClN5O/c22-16-5-2-14(3-6-16)19-11-17-12-26(8-1-9-27(17)25-19)21(28)15-4-7-18-20(10-15)24-13-23-18/h2-7,10-11,13H,1,8-9,12H2,(H,23,24). The topological polar surface area (TPSA) is 66.8 Å². The number of hydrogen-bond acceptors (Lipinski definition) is 3. The average Bonchev–Trinajstić information content (AvgIpc) is 3.29. The molecular weight excluding hydrogens is 374 g/mol. The Hall–Kier alpha value is -3.12. The molecule has 2 aromatic heterocycles. The van der Waals surface area contributed by atoms with Crippen molar-refractivity contribution >= 4 is 28.5 Å². The quantitative estimate of drug-likeness (QED) is 0.558. The zero-order valence-corrected chi connectivity index (χ0v) is 15.9. The van der Waals surface area contributed by atoms with Crippen molar-refractivity contribution in [3.8, 4) is 11.3 Å². The fourth-order valence-corrected chi connectivity index (χ4v) is 3.77. The smallest absolute Gasteiger partial charge is 0.254 e. The second-order valence-electron chi connectivity index (χ2n) is 6.97. The maximum absolute atomic E-state index is 13.1. The SMILES string of the molecule is O=C(c1ccc2nc[nH]c2c1)N1CCCn2nc(-c3ccc(Cl)cc3)cc2C1. The zero-order chi connectivity index (χ0) is 19.1. The lowest BCUT2D eigenvalue weighted by Crippen LogP contribution is -2.30. The van der Waals surface area contributed by atoms with Crippen molar-refractivity contribution in [3.63, 3.8) is 0 Å². The van der Waals surface area contributed by atoms with Crippen LogP contribution in [0.3, 0.4) is 0 Å². The lowest BCUT2D eigenvalue weighted by atomic mass is 10.1. The molecule has 5 rings (SSSR count). The number of halogens is 1. The summed E-state index contributed by atoms with van der Waals surface area (Å²) in [5.74, 6) is 0.0270. The molecule has 0 aliphatic carbocycles. The minimum atomic E-state index is 0.0270. The number of hydrogen-bond donors (Lipinski definition) is 1. The molecule has 0 spiro atoms. The summed E-state index contributed by atoms with van der Waals surface area (Å²) in [4.78, 5) is 22.3. The molecule has 1 aliphatic heterocycles. The van der Waals surface area contributed by atoms with Crippen molar-refractivity contribution in [2.75, 3.05) is 6.54 Å². The van der Waals surface area contributed by atoms with E-state index in [1.807, 2.05) is 52.0 Å². The number of nitrogens with one attached hydrogen (secondary N) is 1. The number of carbonyl (C=O) groups excluding carboxylic acids is 1. The van der Waals surface area contributed by atoms with E-state index in [0.717, 1.165) is 41.0 Å². The largest absolute Gasteiger partial charge is 0.345 e. The predicted molar refractivity (Wildman–Crippen MR) is 108 cm³/mol. The highest BCUT2D eigenvalue weighted by Gasteiger charge is 2.22. The second-order valence-corrected chi connectivity index (χ2v) is 7.40. The van der Waals surface area contributed by atoms with E-state index in [9.17, 15) is 4.79 Å². The van der Waals surface area contributed by atoms with E-state index in [1.165, 1.54) is 0 Å². The van der Waals surface area contributed by atoms with Crippen molar-refractivity contribution < 1.29 is 4.79 Å². The molecule has 0 saturated heterocycles. The van der Waals surface area contributed by atoms with Crippen LogP contribution in [0.25, 0.3) is 22.3 Å². The van der Waals surface area contributed by atoms with Crippen LogP contribution >= 0.6 is 11.6 Å². The van der Waals surface area contributed by atoms with Crippen LogP contribution in [0.2, 0.25) is 5.02 Å². The highest BCUT2D eigenvalue weighted by atomic mass is 35.5. The molecule has 1 aliphatic rings. The van der Waals surface area contributed by atoms with Crippen LogP contribution in [0, 0.1) is 0 Å². The summed E-state index contributed by atoms with van der Waals surface area (Å²) < 4.78 is 2.01. The zero-order valence-electron chi connectivity index (χ0n) is 15.1. The van der Waals surface area contributed by atoms with Gasteiger partial charge in [-0.15, -0.1) is 0 Å². The normalized spacial score (nSPS) is 14.1. The molecule has 1 N–H and O–H groups in total. The molecule has 4 aromatic rings. The Morgan fingerprint density at radius 1 is 1.07 bits per heavy atom. The van der Waals surface area contributed by atoms with Crippen LogP contribution in [0.5, 0.6) is 0 Å². The molecule has 0 fully saturated rings. The lowest BCUT2D eigenvalue weighted by molar-refractivity contribution is 0.0746. The van der Waals surface area contributed by atoms with Gasteiger partial charge in [0.15, 0.2) is 0 Å². The number of H-pyrrole nitrogens is 1. The molecule has 140 valence electrons. The van der Waals surface area contributed by atoms with Crippen LogP contribution in [0.1, 0.15) is 22.5 Å². The van der Waals surface area contributed by atoms with Gasteiger partial charge in [-0.3, -0.25) is 9.48 Å². The summed E-state index contributed by atoms with van der Waals surface area (Å²) in [6.07, 6.45) is 2.51. The highest BCUT2D eigenvalue weighted by Crippen LogP contribution is 2.24. The summed E-state index contributed by atoms with van der Waals surface area (Å²) in [7, 11) is 0. The Bertz CT molecular complexity index is 1160. The van der Waals surface area contributed by atoms with E-state index in [4.69, 9.17) is 16.7 Å². The summed E-state index contributed by atoms with van der Waals surface area (Å²) in [5.41, 5.74) is 5.36. The molecular formula is C21H18ClN5O. The number of imidazole rings is 1. The molecule has 3 heterocycles. The first-order chi connectivity index (χ1) is 13.7. The number of aryl methyl sites for hydroxylation is 1. The summed E-state index contributed by atoms with van der Waals surface area (Å²) in [5, 5.41) is 5.44. The maximum Gasteiger partial charge on any atom is 0.254 e. The highest BCUT2D eigenvalue weighted by molar-refractivity contribution is 6.30. The Kier molecular flexibility index (Phi) is 4.13. The Morgan fingerprint density at radius 2 is 1.93 bits per heavy atom. The number of benzene rings is 2. The fraction of sp³-hybridized carbons (Fsp3) is 0.190. The van der Waals surface area contributed by atoms with E-state index in [2.05, 4.69) is 16.0 Å². The molecule has 0 radical (unpaired) electrons. The first-order valence-electron chi connectivity index (χ1n) is 9.22. The van der Waals surface area contributed by atoms with Crippen molar-refractivity contribution in [2.45, 2.75) is 19.5 Å². The van der Waals surface area contributed by atoms with Crippen molar-refractivity contribution in [2.24, 2.45) is 0 Å². The number of rotatable bonds is 2. The van der Waals surface area contributed by atoms with Crippen LogP contribution in [-0.2, 0) is 13.1 Å². The van der Waals surface area contributed by atoms with Crippen molar-refractivity contribution in [3.05, 3.63) is 71.1 Å². The summed E-state index contributed by atoms with van der Waals surface area (Å²) >= 11 is 5.99. The molecule has 28 heavy (non-hydrogen) atoms. The average molecular weight is 392 g/mol. The number of amides is 1. The van der Waals surface area contributed by atoms with Gasteiger partial charge in [-0.1, -0.05) is 23.7 Å².